The molecular formula is C26H42N4O4. The second-order valence-corrected chi connectivity index (χ2v) is 10.9. The van der Waals surface area contributed by atoms with E-state index in [1.165, 1.54) is 0 Å². The van der Waals surface area contributed by atoms with Gasteiger partial charge in [0.15, 0.2) is 0 Å². The van der Waals surface area contributed by atoms with Gasteiger partial charge in [-0.3, -0.25) is 9.88 Å². The van der Waals surface area contributed by atoms with E-state index < -0.39 is 5.60 Å². The lowest BCUT2D eigenvalue weighted by molar-refractivity contribution is 0.00809. The van der Waals surface area contributed by atoms with Gasteiger partial charge in [0.25, 0.3) is 0 Å². The highest BCUT2D eigenvalue weighted by Gasteiger charge is 2.37. The lowest BCUT2D eigenvalue weighted by Crippen LogP contribution is -2.45. The molecule has 4 heterocycles. The van der Waals surface area contributed by atoms with Crippen molar-refractivity contribution in [3.8, 4) is 5.75 Å². The summed E-state index contributed by atoms with van der Waals surface area (Å²) < 4.78 is 18.2. The Morgan fingerprint density at radius 1 is 1.18 bits per heavy atom. The number of amides is 1. The summed E-state index contributed by atoms with van der Waals surface area (Å²) in [5.74, 6) is 0.880. The van der Waals surface area contributed by atoms with Gasteiger partial charge in [-0.25, -0.2) is 4.79 Å². The van der Waals surface area contributed by atoms with Crippen molar-refractivity contribution in [2.24, 2.45) is 0 Å². The van der Waals surface area contributed by atoms with Gasteiger partial charge in [-0.1, -0.05) is 0 Å². The lowest BCUT2D eigenvalue weighted by atomic mass is 9.93. The van der Waals surface area contributed by atoms with E-state index in [0.29, 0.717) is 19.7 Å². The third kappa shape index (κ3) is 6.61. The molecule has 1 atom stereocenters. The maximum absolute atomic E-state index is 13.3. The molecule has 4 rings (SSSR count). The van der Waals surface area contributed by atoms with Crippen molar-refractivity contribution >= 4 is 6.09 Å². The normalized spacial score (nSPS) is 23.3. The molecule has 1 amide bonds. The lowest BCUT2D eigenvalue weighted by Gasteiger charge is -2.39. The molecule has 8 heteroatoms. The average molecular weight is 475 g/mol. The minimum atomic E-state index is -0.539. The molecule has 34 heavy (non-hydrogen) atoms. The van der Waals surface area contributed by atoms with Crippen molar-refractivity contribution in [3.05, 3.63) is 23.5 Å². The summed E-state index contributed by atoms with van der Waals surface area (Å²) in [7, 11) is 2.16. The zero-order valence-corrected chi connectivity index (χ0v) is 21.4. The fourth-order valence-corrected chi connectivity index (χ4v) is 5.09. The molecule has 0 N–H and O–H groups in total. The number of fused-ring (bicyclic) bond motifs is 1. The Labute approximate surface area is 204 Å². The van der Waals surface area contributed by atoms with Gasteiger partial charge in [0.1, 0.15) is 17.5 Å². The monoisotopic (exact) mass is 474 g/mol. The Bertz CT molecular complexity index is 812. The quantitative estimate of drug-likeness (QED) is 0.642. The Kier molecular flexibility index (Phi) is 8.32. The van der Waals surface area contributed by atoms with Crippen LogP contribution in [-0.2, 0) is 15.9 Å². The molecule has 190 valence electrons. The molecule has 2 fully saturated rings. The van der Waals surface area contributed by atoms with Crippen LogP contribution >= 0.6 is 0 Å². The summed E-state index contributed by atoms with van der Waals surface area (Å²) in [5.41, 5.74) is 1.57. The largest absolute Gasteiger partial charge is 0.490 e. The van der Waals surface area contributed by atoms with Crippen molar-refractivity contribution < 1.29 is 19.0 Å². The molecule has 0 aliphatic carbocycles. The summed E-state index contributed by atoms with van der Waals surface area (Å²) in [6, 6.07) is 1.86. The van der Waals surface area contributed by atoms with Crippen molar-refractivity contribution in [2.75, 3.05) is 53.1 Å². The van der Waals surface area contributed by atoms with Crippen molar-refractivity contribution in [2.45, 2.75) is 77.0 Å². The molecule has 0 bridgehead atoms. The summed E-state index contributed by atoms with van der Waals surface area (Å²) in [6.45, 7) is 11.8. The Morgan fingerprint density at radius 3 is 2.74 bits per heavy atom. The topological polar surface area (TPSA) is 67.4 Å². The predicted molar refractivity (Wildman–Crippen MR) is 131 cm³/mol. The molecule has 8 nitrogen and oxygen atoms in total. The zero-order valence-electron chi connectivity index (χ0n) is 21.4. The van der Waals surface area contributed by atoms with Gasteiger partial charge < -0.3 is 24.0 Å². The van der Waals surface area contributed by atoms with Crippen molar-refractivity contribution in [1.82, 2.24) is 19.7 Å². The maximum Gasteiger partial charge on any atom is 0.410 e. The number of aromatic nitrogens is 1. The van der Waals surface area contributed by atoms with E-state index in [1.807, 2.05) is 37.9 Å². The van der Waals surface area contributed by atoms with Gasteiger partial charge in [0.05, 0.1) is 18.5 Å². The fourth-order valence-electron chi connectivity index (χ4n) is 5.09. The molecule has 2 saturated heterocycles. The number of nitrogens with zero attached hydrogens (tertiary/aromatic N) is 4. The molecule has 0 saturated carbocycles. The molecule has 3 aliphatic rings. The molecular weight excluding hydrogens is 432 g/mol. The van der Waals surface area contributed by atoms with Gasteiger partial charge in [0, 0.05) is 57.5 Å². The summed E-state index contributed by atoms with van der Waals surface area (Å²) in [5, 5.41) is 0. The number of ether oxygens (including phenoxy) is 3. The third-order valence-corrected chi connectivity index (χ3v) is 6.92. The number of carbonyl (C=O) groups is 1. The minimum absolute atomic E-state index is 0.128. The van der Waals surface area contributed by atoms with E-state index >= 15 is 0 Å². The first kappa shape index (κ1) is 25.2. The molecule has 1 unspecified atom stereocenters. The van der Waals surface area contributed by atoms with Crippen LogP contribution in [0.1, 0.15) is 70.2 Å². The first-order valence-electron chi connectivity index (χ1n) is 12.9. The van der Waals surface area contributed by atoms with Gasteiger partial charge in [-0.2, -0.15) is 0 Å². The average Bonchev–Trinajstić information content (AvgIpc) is 3.07. The SMILES string of the molecule is CN1CCC(Oc2ccnc3c2C(CCN2CCCCOC2)N(C(=O)OC(C)(C)C)CC3)CC1. The van der Waals surface area contributed by atoms with E-state index in [2.05, 4.69) is 16.8 Å². The van der Waals surface area contributed by atoms with Crippen LogP contribution in [0, 0.1) is 0 Å². The van der Waals surface area contributed by atoms with Crippen LogP contribution < -0.4 is 4.74 Å². The first-order chi connectivity index (χ1) is 16.3. The van der Waals surface area contributed by atoms with Crippen LogP contribution in [0.4, 0.5) is 4.79 Å². The molecule has 1 aromatic heterocycles. The number of hydrogen-bond donors (Lipinski definition) is 0. The van der Waals surface area contributed by atoms with E-state index in [4.69, 9.17) is 19.2 Å². The Morgan fingerprint density at radius 2 is 1.97 bits per heavy atom. The van der Waals surface area contributed by atoms with E-state index in [-0.39, 0.29) is 18.2 Å². The molecule has 0 aromatic carbocycles. The summed E-state index contributed by atoms with van der Waals surface area (Å²) >= 11 is 0. The number of pyridine rings is 1. The van der Waals surface area contributed by atoms with E-state index in [1.54, 1.807) is 0 Å². The second-order valence-electron chi connectivity index (χ2n) is 10.9. The van der Waals surface area contributed by atoms with Crippen LogP contribution in [0.15, 0.2) is 12.3 Å². The number of piperidine rings is 1. The molecule has 1 aromatic rings. The highest BCUT2D eigenvalue weighted by molar-refractivity contribution is 5.70. The number of likely N-dealkylation sites (tertiary alicyclic amines) is 1. The van der Waals surface area contributed by atoms with Crippen LogP contribution in [-0.4, -0.2) is 90.6 Å². The number of carbonyl (C=O) groups excluding carboxylic acids is 1. The van der Waals surface area contributed by atoms with Gasteiger partial charge in [0.2, 0.25) is 0 Å². The predicted octanol–water partition coefficient (Wildman–Crippen LogP) is 3.85. The van der Waals surface area contributed by atoms with E-state index in [0.717, 1.165) is 81.9 Å². The van der Waals surface area contributed by atoms with Gasteiger partial charge >= 0.3 is 6.09 Å². The molecule has 0 radical (unpaired) electrons. The summed E-state index contributed by atoms with van der Waals surface area (Å²) in [4.78, 5) is 24.6. The van der Waals surface area contributed by atoms with Crippen LogP contribution in [0.3, 0.4) is 0 Å². The van der Waals surface area contributed by atoms with Crippen molar-refractivity contribution in [3.63, 3.8) is 0 Å². The standard InChI is InChI=1S/C26H42N4O4/c1-26(2,3)34-25(31)30-17-10-21-24(22(30)11-16-29-13-5-6-18-32-19-29)23(7-12-27-21)33-20-8-14-28(4)15-9-20/h7,12,20,22H,5-6,8-11,13-19H2,1-4H3. The number of rotatable bonds is 5. The smallest absolute Gasteiger partial charge is 0.410 e. The Hall–Kier alpha value is -1.90. The minimum Gasteiger partial charge on any atom is -0.490 e. The third-order valence-electron chi connectivity index (χ3n) is 6.92. The first-order valence-corrected chi connectivity index (χ1v) is 12.9. The highest BCUT2D eigenvalue weighted by Crippen LogP contribution is 2.39. The van der Waals surface area contributed by atoms with E-state index in [9.17, 15) is 4.79 Å². The fraction of sp³-hybridized carbons (Fsp3) is 0.769. The van der Waals surface area contributed by atoms with Gasteiger partial charge in [-0.05, 0) is 66.0 Å². The number of hydrogen-bond acceptors (Lipinski definition) is 7. The van der Waals surface area contributed by atoms with Crippen LogP contribution in [0.25, 0.3) is 0 Å². The van der Waals surface area contributed by atoms with Gasteiger partial charge in [-0.15, -0.1) is 0 Å². The zero-order chi connectivity index (χ0) is 24.1. The highest BCUT2D eigenvalue weighted by atomic mass is 16.6. The summed E-state index contributed by atoms with van der Waals surface area (Å²) in [6.07, 6.45) is 7.57. The Balaban J connectivity index is 1.58. The van der Waals surface area contributed by atoms with Crippen molar-refractivity contribution in [1.29, 1.82) is 0 Å². The van der Waals surface area contributed by atoms with Crippen LogP contribution in [0.5, 0.6) is 5.75 Å². The second kappa shape index (κ2) is 11.2. The maximum atomic E-state index is 13.3. The molecule has 0 spiro atoms. The molecule has 3 aliphatic heterocycles. The van der Waals surface area contributed by atoms with Crippen LogP contribution in [0.2, 0.25) is 0 Å².